The Morgan fingerprint density at radius 2 is 2.18 bits per heavy atom. The minimum absolute atomic E-state index is 0.353. The van der Waals surface area contributed by atoms with Gasteiger partial charge in [0.25, 0.3) is 0 Å². The zero-order chi connectivity index (χ0) is 12.0. The Morgan fingerprint density at radius 1 is 1.35 bits per heavy atom. The van der Waals surface area contributed by atoms with Crippen molar-refractivity contribution in [3.05, 3.63) is 35.0 Å². The van der Waals surface area contributed by atoms with E-state index in [2.05, 4.69) is 16.4 Å². The van der Waals surface area contributed by atoms with Crippen molar-refractivity contribution in [2.75, 3.05) is 12.0 Å². The van der Waals surface area contributed by atoms with Crippen LogP contribution in [0.5, 0.6) is 0 Å². The Balaban J connectivity index is 2.28. The average Bonchev–Trinajstić information content (AvgIpc) is 2.26. The molecule has 0 amide bonds. The molecule has 3 rings (SSSR count). The lowest BCUT2D eigenvalue weighted by Crippen LogP contribution is -2.32. The number of pyridine rings is 1. The lowest BCUT2D eigenvalue weighted by molar-refractivity contribution is -0.0211. The van der Waals surface area contributed by atoms with Gasteiger partial charge in [-0.3, -0.25) is 0 Å². The number of nitrogens with one attached hydrogen (secondary N) is 1. The molecule has 1 N–H and O–H groups in total. The molecular weight excluding hydrogens is 236 g/mol. The molecule has 0 unspecified atom stereocenters. The molecule has 17 heavy (non-hydrogen) atoms. The first-order valence-electron chi connectivity index (χ1n) is 5.55. The van der Waals surface area contributed by atoms with Crippen molar-refractivity contribution < 1.29 is 4.74 Å². The molecule has 2 heterocycles. The Kier molecular flexibility index (Phi) is 2.28. The number of nitrogens with zero attached hydrogens (tertiary/aromatic N) is 1. The highest BCUT2D eigenvalue weighted by Crippen LogP contribution is 2.35. The van der Waals surface area contributed by atoms with Gasteiger partial charge < -0.3 is 10.1 Å². The van der Waals surface area contributed by atoms with E-state index in [1.54, 1.807) is 0 Å². The van der Waals surface area contributed by atoms with Crippen LogP contribution in [0, 0.1) is 0 Å². The summed E-state index contributed by atoms with van der Waals surface area (Å²) in [5.74, 6) is 0. The molecule has 1 aromatic heterocycles. The van der Waals surface area contributed by atoms with Crippen LogP contribution in [0.1, 0.15) is 19.5 Å². The summed E-state index contributed by atoms with van der Waals surface area (Å²) >= 11 is 5.99. The number of halogens is 1. The predicted molar refractivity (Wildman–Crippen MR) is 69.4 cm³/mol. The quantitative estimate of drug-likeness (QED) is 0.775. The number of hydrogen-bond acceptors (Lipinski definition) is 3. The van der Waals surface area contributed by atoms with Crippen molar-refractivity contribution in [3.63, 3.8) is 0 Å². The van der Waals surface area contributed by atoms with Gasteiger partial charge in [-0.2, -0.15) is 0 Å². The molecule has 0 fully saturated rings. The zero-order valence-corrected chi connectivity index (χ0v) is 10.5. The summed E-state index contributed by atoms with van der Waals surface area (Å²) in [6.07, 6.45) is 0. The second-order valence-corrected chi connectivity index (χ2v) is 5.13. The van der Waals surface area contributed by atoms with E-state index in [0.29, 0.717) is 6.73 Å². The summed E-state index contributed by atoms with van der Waals surface area (Å²) < 4.78 is 5.66. The largest absolute Gasteiger partial charge is 0.361 e. The van der Waals surface area contributed by atoms with Crippen LogP contribution >= 0.6 is 11.6 Å². The Hall–Kier alpha value is -1.32. The molecule has 0 atom stereocenters. The summed E-state index contributed by atoms with van der Waals surface area (Å²) in [5.41, 5.74) is 2.55. The fourth-order valence-electron chi connectivity index (χ4n) is 2.10. The fraction of sp³-hybridized carbons (Fsp3) is 0.308. The molecule has 0 saturated heterocycles. The van der Waals surface area contributed by atoms with Crippen LogP contribution < -0.4 is 5.32 Å². The molecule has 0 spiro atoms. The van der Waals surface area contributed by atoms with Gasteiger partial charge in [-0.15, -0.1) is 0 Å². The third-order valence-electron chi connectivity index (χ3n) is 3.04. The Bertz CT molecular complexity index is 595. The molecule has 2 aromatic rings. The van der Waals surface area contributed by atoms with Crippen LogP contribution in [0.25, 0.3) is 10.9 Å². The van der Waals surface area contributed by atoms with Crippen LogP contribution in [0.3, 0.4) is 0 Å². The van der Waals surface area contributed by atoms with Gasteiger partial charge in [0.05, 0.1) is 16.9 Å². The Morgan fingerprint density at radius 3 is 3.00 bits per heavy atom. The van der Waals surface area contributed by atoms with Crippen molar-refractivity contribution in [2.24, 2.45) is 0 Å². The molecule has 88 valence electrons. The summed E-state index contributed by atoms with van der Waals surface area (Å²) in [5, 5.41) is 4.97. The molecule has 0 radical (unpaired) electrons. The first-order chi connectivity index (χ1) is 8.06. The van der Waals surface area contributed by atoms with Crippen molar-refractivity contribution in [1.82, 2.24) is 4.98 Å². The maximum Gasteiger partial charge on any atom is 0.117 e. The van der Waals surface area contributed by atoms with Crippen molar-refractivity contribution in [1.29, 1.82) is 0 Å². The second-order valence-electron chi connectivity index (χ2n) is 4.70. The van der Waals surface area contributed by atoms with E-state index >= 15 is 0 Å². The van der Waals surface area contributed by atoms with Gasteiger partial charge >= 0.3 is 0 Å². The van der Waals surface area contributed by atoms with Crippen LogP contribution in [0.2, 0.25) is 5.02 Å². The number of hydrogen-bond donors (Lipinski definition) is 1. The van der Waals surface area contributed by atoms with Crippen LogP contribution in [-0.2, 0) is 10.3 Å². The van der Waals surface area contributed by atoms with E-state index in [-0.39, 0.29) is 5.60 Å². The van der Waals surface area contributed by atoms with Gasteiger partial charge in [-0.1, -0.05) is 11.6 Å². The number of fused-ring (bicyclic) bond motifs is 2. The van der Waals surface area contributed by atoms with Gasteiger partial charge in [-0.05, 0) is 38.1 Å². The number of benzene rings is 1. The Labute approximate surface area is 105 Å². The molecule has 4 heteroatoms. The highest BCUT2D eigenvalue weighted by molar-refractivity contribution is 6.31. The van der Waals surface area contributed by atoms with Gasteiger partial charge in [0.15, 0.2) is 0 Å². The highest BCUT2D eigenvalue weighted by Gasteiger charge is 2.30. The standard InChI is InChI=1S/C13H13ClN2O/c1-13(2)12-11(15-7-17-13)6-8-5-9(14)3-4-10(8)16-12/h3-6,15H,7H2,1-2H3. The van der Waals surface area contributed by atoms with E-state index in [1.165, 1.54) is 0 Å². The van der Waals surface area contributed by atoms with E-state index in [0.717, 1.165) is 27.3 Å². The summed E-state index contributed by atoms with van der Waals surface area (Å²) in [7, 11) is 0. The smallest absolute Gasteiger partial charge is 0.117 e. The molecule has 1 aliphatic heterocycles. The minimum atomic E-state index is -0.353. The van der Waals surface area contributed by atoms with Crippen molar-refractivity contribution in [2.45, 2.75) is 19.4 Å². The summed E-state index contributed by atoms with van der Waals surface area (Å²) in [6.45, 7) is 4.57. The molecule has 0 aliphatic carbocycles. The predicted octanol–water partition coefficient (Wildman–Crippen LogP) is 3.52. The van der Waals surface area contributed by atoms with Crippen LogP contribution in [-0.4, -0.2) is 11.7 Å². The second kappa shape index (κ2) is 3.59. The van der Waals surface area contributed by atoms with E-state index in [9.17, 15) is 0 Å². The summed E-state index contributed by atoms with van der Waals surface area (Å²) in [4.78, 5) is 4.66. The normalized spacial score (nSPS) is 17.6. The summed E-state index contributed by atoms with van der Waals surface area (Å²) in [6, 6.07) is 7.79. The van der Waals surface area contributed by atoms with Crippen molar-refractivity contribution >= 4 is 28.2 Å². The minimum Gasteiger partial charge on any atom is -0.361 e. The number of aromatic nitrogens is 1. The zero-order valence-electron chi connectivity index (χ0n) is 9.75. The maximum atomic E-state index is 5.99. The maximum absolute atomic E-state index is 5.99. The molecule has 1 aliphatic rings. The fourth-order valence-corrected chi connectivity index (χ4v) is 2.28. The first kappa shape index (κ1) is 10.8. The SMILES string of the molecule is CC1(C)OCNc2cc3cc(Cl)ccc3nc21. The average molecular weight is 249 g/mol. The molecular formula is C13H13ClN2O. The number of anilines is 1. The number of rotatable bonds is 0. The van der Waals surface area contributed by atoms with E-state index in [1.807, 2.05) is 32.0 Å². The van der Waals surface area contributed by atoms with Gasteiger partial charge in [-0.25, -0.2) is 4.98 Å². The lowest BCUT2D eigenvalue weighted by atomic mass is 9.99. The van der Waals surface area contributed by atoms with Crippen LogP contribution in [0.15, 0.2) is 24.3 Å². The highest BCUT2D eigenvalue weighted by atomic mass is 35.5. The monoisotopic (exact) mass is 248 g/mol. The van der Waals surface area contributed by atoms with Gasteiger partial charge in [0.1, 0.15) is 12.3 Å². The first-order valence-corrected chi connectivity index (χ1v) is 5.93. The van der Waals surface area contributed by atoms with E-state index in [4.69, 9.17) is 16.3 Å². The third kappa shape index (κ3) is 1.75. The molecule has 0 bridgehead atoms. The van der Waals surface area contributed by atoms with Gasteiger partial charge in [0.2, 0.25) is 0 Å². The van der Waals surface area contributed by atoms with Gasteiger partial charge in [0, 0.05) is 10.4 Å². The van der Waals surface area contributed by atoms with Crippen molar-refractivity contribution in [3.8, 4) is 0 Å². The third-order valence-corrected chi connectivity index (χ3v) is 3.28. The van der Waals surface area contributed by atoms with Crippen LogP contribution in [0.4, 0.5) is 5.69 Å². The van der Waals surface area contributed by atoms with E-state index < -0.39 is 0 Å². The number of ether oxygens (including phenoxy) is 1. The molecule has 1 aromatic carbocycles. The topological polar surface area (TPSA) is 34.1 Å². The molecule has 0 saturated carbocycles. The lowest BCUT2D eigenvalue weighted by Gasteiger charge is -2.32. The molecule has 3 nitrogen and oxygen atoms in total.